The molecule has 0 amide bonds. The van der Waals surface area contributed by atoms with Crippen LogP contribution in [-0.2, 0) is 24.3 Å². The van der Waals surface area contributed by atoms with Gasteiger partial charge in [-0.3, -0.25) is 4.79 Å². The molecule has 0 saturated heterocycles. The van der Waals surface area contributed by atoms with Crippen molar-refractivity contribution in [2.24, 2.45) is 0 Å². The SMILES string of the molecule is O=C(O)Cn1c(Cn2c(Cc3ccccc3)nc3ccccc32)nc2ccccc21. The van der Waals surface area contributed by atoms with E-state index in [1.54, 1.807) is 4.57 Å². The molecular formula is C24H20N4O2. The molecule has 30 heavy (non-hydrogen) atoms. The molecule has 0 aliphatic rings. The van der Waals surface area contributed by atoms with Crippen LogP contribution in [0.5, 0.6) is 0 Å². The highest BCUT2D eigenvalue weighted by atomic mass is 16.4. The van der Waals surface area contributed by atoms with Crippen LogP contribution in [0.4, 0.5) is 0 Å². The molecule has 0 atom stereocenters. The average Bonchev–Trinajstić information content (AvgIpc) is 3.27. The third kappa shape index (κ3) is 3.33. The van der Waals surface area contributed by atoms with Gasteiger partial charge in [0.15, 0.2) is 0 Å². The van der Waals surface area contributed by atoms with Crippen molar-refractivity contribution in [2.45, 2.75) is 19.5 Å². The number of hydrogen-bond donors (Lipinski definition) is 1. The molecule has 0 radical (unpaired) electrons. The fraction of sp³-hybridized carbons (Fsp3) is 0.125. The number of carboxylic acids is 1. The van der Waals surface area contributed by atoms with Crippen molar-refractivity contribution in [1.29, 1.82) is 0 Å². The molecule has 5 aromatic rings. The van der Waals surface area contributed by atoms with Gasteiger partial charge < -0.3 is 14.2 Å². The van der Waals surface area contributed by atoms with E-state index in [2.05, 4.69) is 16.7 Å². The van der Waals surface area contributed by atoms with Gasteiger partial charge in [0.05, 0.1) is 28.6 Å². The van der Waals surface area contributed by atoms with Crippen molar-refractivity contribution < 1.29 is 9.90 Å². The standard InChI is InChI=1S/C24H20N4O2/c29-24(30)16-28-21-13-7-5-11-19(21)26-23(28)15-27-20-12-6-4-10-18(20)25-22(27)14-17-8-2-1-3-9-17/h1-13H,14-16H2,(H,29,30). The van der Waals surface area contributed by atoms with Gasteiger partial charge in [-0.2, -0.15) is 0 Å². The van der Waals surface area contributed by atoms with Gasteiger partial charge in [0.25, 0.3) is 0 Å². The first-order chi connectivity index (χ1) is 14.7. The highest BCUT2D eigenvalue weighted by Gasteiger charge is 2.17. The van der Waals surface area contributed by atoms with Crippen LogP contribution in [0.2, 0.25) is 0 Å². The van der Waals surface area contributed by atoms with Crippen LogP contribution in [0.25, 0.3) is 22.1 Å². The molecule has 1 N–H and O–H groups in total. The Morgan fingerprint density at radius 3 is 1.97 bits per heavy atom. The number of fused-ring (bicyclic) bond motifs is 2. The average molecular weight is 396 g/mol. The number of para-hydroxylation sites is 4. The summed E-state index contributed by atoms with van der Waals surface area (Å²) in [5.41, 5.74) is 4.72. The lowest BCUT2D eigenvalue weighted by Gasteiger charge is -2.11. The van der Waals surface area contributed by atoms with Crippen LogP contribution >= 0.6 is 0 Å². The molecule has 6 nitrogen and oxygen atoms in total. The number of carboxylic acid groups (broad SMARTS) is 1. The van der Waals surface area contributed by atoms with E-state index in [-0.39, 0.29) is 6.54 Å². The molecular weight excluding hydrogens is 376 g/mol. The van der Waals surface area contributed by atoms with Gasteiger partial charge in [-0.15, -0.1) is 0 Å². The zero-order valence-electron chi connectivity index (χ0n) is 16.3. The number of hydrogen-bond acceptors (Lipinski definition) is 3. The molecule has 0 aliphatic carbocycles. The summed E-state index contributed by atoms with van der Waals surface area (Å²) in [6.07, 6.45) is 0.689. The van der Waals surface area contributed by atoms with Crippen LogP contribution < -0.4 is 0 Å². The Bertz CT molecular complexity index is 1350. The van der Waals surface area contributed by atoms with Gasteiger partial charge in [-0.1, -0.05) is 54.6 Å². The zero-order valence-corrected chi connectivity index (χ0v) is 16.3. The van der Waals surface area contributed by atoms with Crippen molar-refractivity contribution in [3.63, 3.8) is 0 Å². The van der Waals surface area contributed by atoms with Gasteiger partial charge >= 0.3 is 5.97 Å². The number of aliphatic carboxylic acids is 1. The van der Waals surface area contributed by atoms with E-state index in [9.17, 15) is 9.90 Å². The highest BCUT2D eigenvalue weighted by Crippen LogP contribution is 2.22. The van der Waals surface area contributed by atoms with Crippen molar-refractivity contribution in [2.75, 3.05) is 0 Å². The van der Waals surface area contributed by atoms with E-state index >= 15 is 0 Å². The maximum Gasteiger partial charge on any atom is 0.323 e. The topological polar surface area (TPSA) is 72.9 Å². The summed E-state index contributed by atoms with van der Waals surface area (Å²) in [5.74, 6) is 0.742. The van der Waals surface area contributed by atoms with Crippen molar-refractivity contribution in [3.8, 4) is 0 Å². The van der Waals surface area contributed by atoms with E-state index < -0.39 is 5.97 Å². The van der Waals surface area contributed by atoms with Crippen molar-refractivity contribution in [3.05, 3.63) is 96.1 Å². The van der Waals surface area contributed by atoms with Crippen molar-refractivity contribution >= 4 is 28.0 Å². The zero-order chi connectivity index (χ0) is 20.5. The van der Waals surface area contributed by atoms with Crippen LogP contribution in [0.1, 0.15) is 17.2 Å². The lowest BCUT2D eigenvalue weighted by molar-refractivity contribution is -0.137. The molecule has 0 spiro atoms. The first-order valence-corrected chi connectivity index (χ1v) is 9.83. The second-order valence-electron chi connectivity index (χ2n) is 7.26. The maximum atomic E-state index is 11.5. The minimum absolute atomic E-state index is 0.128. The number of rotatable bonds is 6. The molecule has 3 aromatic carbocycles. The van der Waals surface area contributed by atoms with E-state index in [1.807, 2.05) is 66.7 Å². The summed E-state index contributed by atoms with van der Waals surface area (Å²) in [6, 6.07) is 25.9. The molecule has 2 heterocycles. The predicted octanol–water partition coefficient (Wildman–Crippen LogP) is 4.11. The van der Waals surface area contributed by atoms with Crippen LogP contribution in [0.3, 0.4) is 0 Å². The molecule has 148 valence electrons. The summed E-state index contributed by atoms with van der Waals surface area (Å²) >= 11 is 0. The fourth-order valence-electron chi connectivity index (χ4n) is 3.91. The highest BCUT2D eigenvalue weighted by molar-refractivity contribution is 5.79. The van der Waals surface area contributed by atoms with E-state index in [0.29, 0.717) is 18.8 Å². The van der Waals surface area contributed by atoms with Crippen LogP contribution in [0.15, 0.2) is 78.9 Å². The van der Waals surface area contributed by atoms with Gasteiger partial charge in [-0.25, -0.2) is 9.97 Å². The van der Waals surface area contributed by atoms with Crippen molar-refractivity contribution in [1.82, 2.24) is 19.1 Å². The summed E-state index contributed by atoms with van der Waals surface area (Å²) in [5, 5.41) is 9.45. The number of aromatic nitrogens is 4. The lowest BCUT2D eigenvalue weighted by Crippen LogP contribution is -2.15. The first kappa shape index (κ1) is 18.1. The Labute approximate surface area is 173 Å². The molecule has 5 rings (SSSR count). The number of nitrogens with zero attached hydrogens (tertiary/aromatic N) is 4. The second kappa shape index (κ2) is 7.48. The summed E-state index contributed by atoms with van der Waals surface area (Å²) < 4.78 is 3.92. The van der Waals surface area contributed by atoms with Gasteiger partial charge in [0, 0.05) is 6.42 Å². The number of imidazole rings is 2. The quantitative estimate of drug-likeness (QED) is 0.469. The third-order valence-electron chi connectivity index (χ3n) is 5.27. The van der Waals surface area contributed by atoms with Crippen LogP contribution in [0, 0.1) is 0 Å². The van der Waals surface area contributed by atoms with Crippen LogP contribution in [-0.4, -0.2) is 30.2 Å². The summed E-state index contributed by atoms with van der Waals surface area (Å²) in [4.78, 5) is 21.1. The van der Waals surface area contributed by atoms with E-state index in [1.165, 1.54) is 5.56 Å². The van der Waals surface area contributed by atoms with Gasteiger partial charge in [0.2, 0.25) is 0 Å². The maximum absolute atomic E-state index is 11.5. The molecule has 0 fully saturated rings. The molecule has 0 bridgehead atoms. The Kier molecular flexibility index (Phi) is 4.52. The third-order valence-corrected chi connectivity index (χ3v) is 5.27. The van der Waals surface area contributed by atoms with Gasteiger partial charge in [-0.05, 0) is 29.8 Å². The second-order valence-corrected chi connectivity index (χ2v) is 7.26. The predicted molar refractivity (Wildman–Crippen MR) is 115 cm³/mol. The molecule has 0 aliphatic heterocycles. The summed E-state index contributed by atoms with van der Waals surface area (Å²) in [7, 11) is 0. The Morgan fingerprint density at radius 1 is 0.733 bits per heavy atom. The Hall–Kier alpha value is -3.93. The van der Waals surface area contributed by atoms with E-state index in [4.69, 9.17) is 9.97 Å². The first-order valence-electron chi connectivity index (χ1n) is 9.83. The number of carbonyl (C=O) groups is 1. The van der Waals surface area contributed by atoms with Gasteiger partial charge in [0.1, 0.15) is 18.2 Å². The van der Waals surface area contributed by atoms with E-state index in [0.717, 1.165) is 27.9 Å². The summed E-state index contributed by atoms with van der Waals surface area (Å²) in [6.45, 7) is 0.321. The number of benzene rings is 3. The fourth-order valence-corrected chi connectivity index (χ4v) is 3.91. The normalized spacial score (nSPS) is 11.3. The largest absolute Gasteiger partial charge is 0.480 e. The smallest absolute Gasteiger partial charge is 0.323 e. The minimum Gasteiger partial charge on any atom is -0.480 e. The molecule has 6 heteroatoms. The molecule has 0 saturated carbocycles. The molecule has 2 aromatic heterocycles. The monoisotopic (exact) mass is 396 g/mol. The minimum atomic E-state index is -0.889. The Morgan fingerprint density at radius 2 is 1.30 bits per heavy atom. The molecule has 0 unspecified atom stereocenters. The Balaban J connectivity index is 1.63. The lowest BCUT2D eigenvalue weighted by atomic mass is 10.1.